The summed E-state index contributed by atoms with van der Waals surface area (Å²) >= 11 is 0. The number of carbonyl (C=O) groups excluding carboxylic acids is 1. The van der Waals surface area contributed by atoms with E-state index in [1.807, 2.05) is 0 Å². The predicted octanol–water partition coefficient (Wildman–Crippen LogP) is 4.27. The highest BCUT2D eigenvalue weighted by molar-refractivity contribution is 5.53. The van der Waals surface area contributed by atoms with Crippen LogP contribution >= 0.6 is 0 Å². The van der Waals surface area contributed by atoms with Gasteiger partial charge in [-0.05, 0) is 42.7 Å². The Kier molecular flexibility index (Phi) is 4.25. The van der Waals surface area contributed by atoms with E-state index < -0.39 is 5.54 Å². The van der Waals surface area contributed by atoms with Gasteiger partial charge in [0.2, 0.25) is 6.08 Å². The van der Waals surface area contributed by atoms with E-state index in [1.54, 1.807) is 13.2 Å². The van der Waals surface area contributed by atoms with E-state index in [9.17, 15) is 4.79 Å². The second-order valence-electron chi connectivity index (χ2n) is 6.92. The molecule has 1 saturated carbocycles. The lowest BCUT2D eigenvalue weighted by molar-refractivity contribution is 0.244. The fourth-order valence-electron chi connectivity index (χ4n) is 3.06. The number of benzene rings is 1. The minimum absolute atomic E-state index is 0.0128. The van der Waals surface area contributed by atoms with Crippen LogP contribution < -0.4 is 4.74 Å². The van der Waals surface area contributed by atoms with Crippen LogP contribution in [0.5, 0.6) is 5.75 Å². The first kappa shape index (κ1) is 15.8. The molecule has 0 heterocycles. The van der Waals surface area contributed by atoms with Crippen LogP contribution in [0.25, 0.3) is 0 Å². The maximum atomic E-state index is 10.9. The van der Waals surface area contributed by atoms with Crippen molar-refractivity contribution in [3.8, 4) is 5.75 Å². The van der Waals surface area contributed by atoms with Gasteiger partial charge in [-0.25, -0.2) is 4.79 Å². The van der Waals surface area contributed by atoms with Crippen LogP contribution in [0.2, 0.25) is 0 Å². The van der Waals surface area contributed by atoms with E-state index in [0.717, 1.165) is 37.0 Å². The van der Waals surface area contributed by atoms with E-state index in [1.165, 1.54) is 11.1 Å². The van der Waals surface area contributed by atoms with E-state index in [0.29, 0.717) is 0 Å². The van der Waals surface area contributed by atoms with Gasteiger partial charge in [-0.15, -0.1) is 0 Å². The summed E-state index contributed by atoms with van der Waals surface area (Å²) in [6.45, 7) is 8.70. The van der Waals surface area contributed by atoms with Crippen LogP contribution in [-0.4, -0.2) is 13.2 Å². The minimum atomic E-state index is -0.418. The van der Waals surface area contributed by atoms with Crippen molar-refractivity contribution >= 4 is 6.08 Å². The predicted molar refractivity (Wildman–Crippen MR) is 84.7 cm³/mol. The molecule has 0 aliphatic heterocycles. The van der Waals surface area contributed by atoms with Gasteiger partial charge < -0.3 is 4.74 Å². The number of aliphatic imine (C=N–C) groups is 1. The molecule has 2 rings (SSSR count). The molecule has 1 fully saturated rings. The molecule has 0 saturated heterocycles. The summed E-state index contributed by atoms with van der Waals surface area (Å²) < 4.78 is 5.74. The van der Waals surface area contributed by atoms with Crippen molar-refractivity contribution in [3.05, 3.63) is 28.8 Å². The average molecular weight is 287 g/mol. The Bertz CT molecular complexity index is 574. The molecular weight excluding hydrogens is 262 g/mol. The van der Waals surface area contributed by atoms with Gasteiger partial charge in [0.05, 0.1) is 7.11 Å². The van der Waals surface area contributed by atoms with Crippen molar-refractivity contribution in [2.24, 2.45) is 4.99 Å². The molecular formula is C18H25NO2. The van der Waals surface area contributed by atoms with Crippen molar-refractivity contribution in [2.75, 3.05) is 7.11 Å². The maximum Gasteiger partial charge on any atom is 0.235 e. The largest absolute Gasteiger partial charge is 0.496 e. The first-order valence-corrected chi connectivity index (χ1v) is 7.69. The first-order chi connectivity index (χ1) is 9.88. The molecule has 0 atom stereocenters. The van der Waals surface area contributed by atoms with Crippen LogP contribution in [0.4, 0.5) is 0 Å². The molecule has 3 nitrogen and oxygen atoms in total. The minimum Gasteiger partial charge on any atom is -0.496 e. The van der Waals surface area contributed by atoms with Gasteiger partial charge >= 0.3 is 0 Å². The molecule has 21 heavy (non-hydrogen) atoms. The number of ether oxygens (including phenoxy) is 1. The van der Waals surface area contributed by atoms with Crippen molar-refractivity contribution in [3.63, 3.8) is 0 Å². The Morgan fingerprint density at radius 3 is 2.38 bits per heavy atom. The molecule has 0 unspecified atom stereocenters. The Morgan fingerprint density at radius 2 is 2.00 bits per heavy atom. The number of rotatable bonds is 4. The normalized spacial score (nSPS) is 16.8. The number of hydrogen-bond acceptors (Lipinski definition) is 3. The molecule has 0 spiro atoms. The Labute approximate surface area is 127 Å². The molecule has 1 aliphatic carbocycles. The lowest BCUT2D eigenvalue weighted by Crippen LogP contribution is -2.33. The molecule has 114 valence electrons. The summed E-state index contributed by atoms with van der Waals surface area (Å²) in [5, 5.41) is 0. The zero-order valence-corrected chi connectivity index (χ0v) is 13.7. The van der Waals surface area contributed by atoms with Crippen LogP contribution in [0.3, 0.4) is 0 Å². The fourth-order valence-corrected chi connectivity index (χ4v) is 3.06. The average Bonchev–Trinajstić information content (AvgIpc) is 2.40. The summed E-state index contributed by atoms with van der Waals surface area (Å²) in [7, 11) is 1.71. The van der Waals surface area contributed by atoms with E-state index in [-0.39, 0.29) is 5.41 Å². The van der Waals surface area contributed by atoms with Crippen molar-refractivity contribution in [2.45, 2.75) is 64.3 Å². The first-order valence-electron chi connectivity index (χ1n) is 7.69. The SMILES string of the molecule is CCc1cc(C(C)(C)C)c(OC)c(C2(N=C=O)CCC2)c1. The highest BCUT2D eigenvalue weighted by Crippen LogP contribution is 2.50. The van der Waals surface area contributed by atoms with Gasteiger partial charge in [-0.2, -0.15) is 4.99 Å². The summed E-state index contributed by atoms with van der Waals surface area (Å²) in [6.07, 6.45) is 5.62. The number of aryl methyl sites for hydroxylation is 1. The van der Waals surface area contributed by atoms with E-state index in [2.05, 4.69) is 44.8 Å². The summed E-state index contributed by atoms with van der Waals surface area (Å²) in [5.74, 6) is 0.887. The highest BCUT2D eigenvalue weighted by Gasteiger charge is 2.42. The molecule has 0 aromatic heterocycles. The van der Waals surface area contributed by atoms with Gasteiger partial charge in [0.15, 0.2) is 0 Å². The molecule has 0 bridgehead atoms. The molecule has 1 aromatic rings. The quantitative estimate of drug-likeness (QED) is 0.612. The maximum absolute atomic E-state index is 10.9. The third-order valence-electron chi connectivity index (χ3n) is 4.51. The zero-order chi connectivity index (χ0) is 15.7. The summed E-state index contributed by atoms with van der Waals surface area (Å²) in [6, 6.07) is 4.38. The summed E-state index contributed by atoms with van der Waals surface area (Å²) in [5.41, 5.74) is 3.08. The Morgan fingerprint density at radius 1 is 1.33 bits per heavy atom. The second kappa shape index (κ2) is 5.65. The summed E-state index contributed by atoms with van der Waals surface area (Å²) in [4.78, 5) is 15.0. The van der Waals surface area contributed by atoms with Crippen molar-refractivity contribution < 1.29 is 9.53 Å². The van der Waals surface area contributed by atoms with Crippen LogP contribution in [0.15, 0.2) is 17.1 Å². The molecule has 0 radical (unpaired) electrons. The van der Waals surface area contributed by atoms with Gasteiger partial charge in [-0.1, -0.05) is 33.8 Å². The van der Waals surface area contributed by atoms with Gasteiger partial charge in [0.25, 0.3) is 0 Å². The number of nitrogens with zero attached hydrogens (tertiary/aromatic N) is 1. The standard InChI is InChI=1S/C18H25NO2/c1-6-13-10-14(17(2,3)4)16(21-5)15(11-13)18(19-12-20)8-7-9-18/h10-11H,6-9H2,1-5H3. The van der Waals surface area contributed by atoms with E-state index >= 15 is 0 Å². The van der Waals surface area contributed by atoms with Crippen LogP contribution in [0, 0.1) is 0 Å². The van der Waals surface area contributed by atoms with Crippen LogP contribution in [0.1, 0.15) is 63.6 Å². The molecule has 1 aromatic carbocycles. The van der Waals surface area contributed by atoms with E-state index in [4.69, 9.17) is 4.74 Å². The van der Waals surface area contributed by atoms with Crippen molar-refractivity contribution in [1.82, 2.24) is 0 Å². The smallest absolute Gasteiger partial charge is 0.235 e. The lowest BCUT2D eigenvalue weighted by Gasteiger charge is -2.39. The Balaban J connectivity index is 2.72. The number of hydrogen-bond donors (Lipinski definition) is 0. The molecule has 0 N–H and O–H groups in total. The van der Waals surface area contributed by atoms with Crippen molar-refractivity contribution in [1.29, 1.82) is 0 Å². The molecule has 3 heteroatoms. The van der Waals surface area contributed by atoms with Crippen LogP contribution in [-0.2, 0) is 22.2 Å². The van der Waals surface area contributed by atoms with Gasteiger partial charge in [0, 0.05) is 11.1 Å². The second-order valence-corrected chi connectivity index (χ2v) is 6.92. The topological polar surface area (TPSA) is 38.7 Å². The monoisotopic (exact) mass is 287 g/mol. The zero-order valence-electron chi connectivity index (χ0n) is 13.7. The highest BCUT2D eigenvalue weighted by atomic mass is 16.5. The molecule has 0 amide bonds. The number of methoxy groups -OCH3 is 1. The third-order valence-corrected chi connectivity index (χ3v) is 4.51. The Hall–Kier alpha value is -1.60. The molecule has 1 aliphatic rings. The third kappa shape index (κ3) is 2.75. The fraction of sp³-hybridized carbons (Fsp3) is 0.611. The number of isocyanates is 1. The lowest BCUT2D eigenvalue weighted by atomic mass is 9.70. The van der Waals surface area contributed by atoms with Gasteiger partial charge in [-0.3, -0.25) is 0 Å². The van der Waals surface area contributed by atoms with Gasteiger partial charge in [0.1, 0.15) is 11.3 Å².